The topological polar surface area (TPSA) is 15.3 Å². The fraction of sp³-hybridized carbons (Fsp3) is 1.00. The van der Waals surface area contributed by atoms with E-state index in [1.165, 1.54) is 45.4 Å². The Morgan fingerprint density at radius 2 is 2.21 bits per heavy atom. The second-order valence-corrected chi connectivity index (χ2v) is 4.66. The van der Waals surface area contributed by atoms with E-state index in [1.54, 1.807) is 0 Å². The second-order valence-electron chi connectivity index (χ2n) is 4.66. The van der Waals surface area contributed by atoms with Gasteiger partial charge in [0.2, 0.25) is 0 Å². The van der Waals surface area contributed by atoms with Crippen LogP contribution in [0.3, 0.4) is 0 Å². The first-order chi connectivity index (χ1) is 6.76. The normalized spacial score (nSPS) is 26.4. The van der Waals surface area contributed by atoms with E-state index in [4.69, 9.17) is 0 Å². The first-order valence-electron chi connectivity index (χ1n) is 6.22. The lowest BCUT2D eigenvalue weighted by atomic mass is 10.0. The van der Waals surface area contributed by atoms with Crippen LogP contribution in [0, 0.1) is 5.92 Å². The lowest BCUT2D eigenvalue weighted by Gasteiger charge is -2.33. The van der Waals surface area contributed by atoms with Crippen molar-refractivity contribution in [3.63, 3.8) is 0 Å². The molecule has 0 aromatic carbocycles. The number of hydrogen-bond acceptors (Lipinski definition) is 2. The van der Waals surface area contributed by atoms with E-state index in [1.807, 2.05) is 0 Å². The molecule has 84 valence electrons. The number of rotatable bonds is 5. The van der Waals surface area contributed by atoms with Crippen molar-refractivity contribution in [2.75, 3.05) is 26.2 Å². The highest BCUT2D eigenvalue weighted by Gasteiger charge is 2.17. The number of nitrogens with one attached hydrogen (secondary N) is 1. The molecule has 2 heteroatoms. The van der Waals surface area contributed by atoms with Gasteiger partial charge in [-0.2, -0.15) is 0 Å². The van der Waals surface area contributed by atoms with Crippen molar-refractivity contribution < 1.29 is 0 Å². The van der Waals surface area contributed by atoms with Crippen molar-refractivity contribution in [3.05, 3.63) is 0 Å². The third kappa shape index (κ3) is 3.97. The molecule has 0 amide bonds. The molecule has 2 unspecified atom stereocenters. The summed E-state index contributed by atoms with van der Waals surface area (Å²) in [6.45, 7) is 11.9. The van der Waals surface area contributed by atoms with Crippen LogP contribution in [0.5, 0.6) is 0 Å². The summed E-state index contributed by atoms with van der Waals surface area (Å²) in [7, 11) is 0. The van der Waals surface area contributed by atoms with Gasteiger partial charge in [0.25, 0.3) is 0 Å². The van der Waals surface area contributed by atoms with Gasteiger partial charge in [0.15, 0.2) is 0 Å². The Bertz CT molecular complexity index is 147. The lowest BCUT2D eigenvalue weighted by molar-refractivity contribution is 0.186. The monoisotopic (exact) mass is 198 g/mol. The number of nitrogens with zero attached hydrogens (tertiary/aromatic N) is 1. The van der Waals surface area contributed by atoms with Gasteiger partial charge in [-0.15, -0.1) is 0 Å². The molecule has 1 rings (SSSR count). The van der Waals surface area contributed by atoms with Gasteiger partial charge in [-0.1, -0.05) is 27.2 Å². The molecule has 0 radical (unpaired) electrons. The van der Waals surface area contributed by atoms with E-state index in [9.17, 15) is 0 Å². The van der Waals surface area contributed by atoms with Crippen molar-refractivity contribution in [3.8, 4) is 0 Å². The first kappa shape index (κ1) is 12.0. The molecule has 0 aromatic heterocycles. The van der Waals surface area contributed by atoms with Crippen LogP contribution >= 0.6 is 0 Å². The van der Waals surface area contributed by atoms with E-state index >= 15 is 0 Å². The molecule has 0 bridgehead atoms. The maximum Gasteiger partial charge on any atom is 0.0192 e. The zero-order valence-corrected chi connectivity index (χ0v) is 10.1. The van der Waals surface area contributed by atoms with Gasteiger partial charge in [0.1, 0.15) is 0 Å². The molecule has 1 saturated heterocycles. The predicted octanol–water partition coefficient (Wildman–Crippen LogP) is 2.11. The molecule has 14 heavy (non-hydrogen) atoms. The molecular formula is C12H26N2. The summed E-state index contributed by atoms with van der Waals surface area (Å²) in [5.74, 6) is 0.893. The van der Waals surface area contributed by atoms with Gasteiger partial charge in [0, 0.05) is 25.7 Å². The minimum atomic E-state index is 0.737. The predicted molar refractivity (Wildman–Crippen MR) is 62.6 cm³/mol. The van der Waals surface area contributed by atoms with E-state index in [0.717, 1.165) is 12.0 Å². The lowest BCUT2D eigenvalue weighted by Crippen LogP contribution is -2.50. The SMILES string of the molecule is CCC(C)CCN1CCNC(CC)C1. The van der Waals surface area contributed by atoms with Crippen LogP contribution in [0.2, 0.25) is 0 Å². The fourth-order valence-electron chi connectivity index (χ4n) is 1.98. The van der Waals surface area contributed by atoms with Crippen molar-refractivity contribution >= 4 is 0 Å². The fourth-order valence-corrected chi connectivity index (χ4v) is 1.98. The van der Waals surface area contributed by atoms with Crippen LogP contribution < -0.4 is 5.32 Å². The zero-order valence-electron chi connectivity index (χ0n) is 10.1. The van der Waals surface area contributed by atoms with E-state index in [0.29, 0.717) is 0 Å². The Balaban J connectivity index is 2.17. The largest absolute Gasteiger partial charge is 0.311 e. The number of hydrogen-bond donors (Lipinski definition) is 1. The Morgan fingerprint density at radius 1 is 1.43 bits per heavy atom. The molecule has 1 aliphatic rings. The van der Waals surface area contributed by atoms with Gasteiger partial charge in [0.05, 0.1) is 0 Å². The Morgan fingerprint density at radius 3 is 2.86 bits per heavy atom. The molecule has 0 aliphatic carbocycles. The molecule has 2 nitrogen and oxygen atoms in total. The molecule has 1 N–H and O–H groups in total. The smallest absolute Gasteiger partial charge is 0.0192 e. The van der Waals surface area contributed by atoms with Gasteiger partial charge < -0.3 is 10.2 Å². The average molecular weight is 198 g/mol. The van der Waals surface area contributed by atoms with Crippen LogP contribution in [0.25, 0.3) is 0 Å². The maximum atomic E-state index is 3.56. The number of piperazine rings is 1. The molecule has 1 aliphatic heterocycles. The van der Waals surface area contributed by atoms with Crippen LogP contribution in [0.4, 0.5) is 0 Å². The summed E-state index contributed by atoms with van der Waals surface area (Å²) >= 11 is 0. The Kier molecular flexibility index (Phi) is 5.49. The zero-order chi connectivity index (χ0) is 10.4. The van der Waals surface area contributed by atoms with Crippen molar-refractivity contribution in [2.45, 2.75) is 46.1 Å². The van der Waals surface area contributed by atoms with Gasteiger partial charge >= 0.3 is 0 Å². The van der Waals surface area contributed by atoms with Crippen LogP contribution in [-0.4, -0.2) is 37.1 Å². The summed E-state index contributed by atoms with van der Waals surface area (Å²) in [4.78, 5) is 2.62. The highest BCUT2D eigenvalue weighted by Crippen LogP contribution is 2.09. The molecule has 0 saturated carbocycles. The third-order valence-electron chi connectivity index (χ3n) is 3.47. The van der Waals surface area contributed by atoms with Gasteiger partial charge in [-0.3, -0.25) is 0 Å². The maximum absolute atomic E-state index is 3.56. The molecule has 0 spiro atoms. The third-order valence-corrected chi connectivity index (χ3v) is 3.47. The van der Waals surface area contributed by atoms with Crippen LogP contribution in [0.1, 0.15) is 40.0 Å². The molecular weight excluding hydrogens is 172 g/mol. The van der Waals surface area contributed by atoms with E-state index < -0.39 is 0 Å². The quantitative estimate of drug-likeness (QED) is 0.728. The molecule has 2 atom stereocenters. The van der Waals surface area contributed by atoms with Crippen molar-refractivity contribution in [1.82, 2.24) is 10.2 Å². The summed E-state index contributed by atoms with van der Waals surface area (Å²) in [5, 5.41) is 3.56. The minimum Gasteiger partial charge on any atom is -0.311 e. The Hall–Kier alpha value is -0.0800. The van der Waals surface area contributed by atoms with E-state index in [2.05, 4.69) is 31.0 Å². The summed E-state index contributed by atoms with van der Waals surface area (Å²) < 4.78 is 0. The van der Waals surface area contributed by atoms with Crippen molar-refractivity contribution in [2.24, 2.45) is 5.92 Å². The van der Waals surface area contributed by atoms with Gasteiger partial charge in [-0.25, -0.2) is 0 Å². The summed E-state index contributed by atoms with van der Waals surface area (Å²) in [6.07, 6.45) is 3.95. The minimum absolute atomic E-state index is 0.737. The molecule has 0 aromatic rings. The van der Waals surface area contributed by atoms with Crippen molar-refractivity contribution in [1.29, 1.82) is 0 Å². The standard InChI is InChI=1S/C12H26N2/c1-4-11(3)6-8-14-9-7-13-12(5-2)10-14/h11-13H,4-10H2,1-3H3. The molecule has 1 fully saturated rings. The second kappa shape index (κ2) is 6.41. The van der Waals surface area contributed by atoms with Gasteiger partial charge in [-0.05, 0) is 25.3 Å². The summed E-state index contributed by atoms with van der Waals surface area (Å²) in [5.41, 5.74) is 0. The van der Waals surface area contributed by atoms with Crippen LogP contribution in [-0.2, 0) is 0 Å². The Labute approximate surface area is 89.1 Å². The van der Waals surface area contributed by atoms with E-state index in [-0.39, 0.29) is 0 Å². The highest BCUT2D eigenvalue weighted by atomic mass is 15.2. The van der Waals surface area contributed by atoms with Crippen LogP contribution in [0.15, 0.2) is 0 Å². The summed E-state index contributed by atoms with van der Waals surface area (Å²) in [6, 6.07) is 0.737. The first-order valence-corrected chi connectivity index (χ1v) is 6.22. The highest BCUT2D eigenvalue weighted by molar-refractivity contribution is 4.77. The average Bonchev–Trinajstić information content (AvgIpc) is 2.26. The molecule has 1 heterocycles.